The second kappa shape index (κ2) is 7.45. The van der Waals surface area contributed by atoms with Gasteiger partial charge in [-0.2, -0.15) is 0 Å². The summed E-state index contributed by atoms with van der Waals surface area (Å²) >= 11 is 0. The van der Waals surface area contributed by atoms with Gasteiger partial charge < -0.3 is 16.3 Å². The van der Waals surface area contributed by atoms with Crippen molar-refractivity contribution < 1.29 is 5.21 Å². The zero-order valence-electron chi connectivity index (χ0n) is 12.2. The molecule has 0 aliphatic rings. The lowest BCUT2D eigenvalue weighted by Crippen LogP contribution is -2.18. The number of aryl methyl sites for hydroxylation is 1. The Morgan fingerprint density at radius 3 is 2.62 bits per heavy atom. The highest BCUT2D eigenvalue weighted by Crippen LogP contribution is 2.11. The van der Waals surface area contributed by atoms with Crippen LogP contribution in [0.5, 0.6) is 0 Å². The first kappa shape index (κ1) is 15.1. The van der Waals surface area contributed by atoms with Gasteiger partial charge in [0.15, 0.2) is 5.84 Å². The van der Waals surface area contributed by atoms with Gasteiger partial charge in [0.05, 0.1) is 0 Å². The third kappa shape index (κ3) is 4.33. The van der Waals surface area contributed by atoms with E-state index in [0.717, 1.165) is 30.6 Å². The molecule has 0 bridgehead atoms. The summed E-state index contributed by atoms with van der Waals surface area (Å²) in [6, 6.07) is 16.2. The van der Waals surface area contributed by atoms with Crippen LogP contribution in [0.25, 0.3) is 0 Å². The van der Waals surface area contributed by atoms with E-state index in [1.54, 1.807) is 0 Å². The zero-order valence-corrected chi connectivity index (χ0v) is 12.2. The number of amidine groups is 1. The minimum absolute atomic E-state index is 0.140. The summed E-state index contributed by atoms with van der Waals surface area (Å²) in [4.78, 5) is 0. The van der Waals surface area contributed by atoms with Crippen LogP contribution in [0.1, 0.15) is 22.3 Å². The van der Waals surface area contributed by atoms with Gasteiger partial charge in [0.25, 0.3) is 0 Å². The van der Waals surface area contributed by atoms with E-state index in [2.05, 4.69) is 34.7 Å². The molecule has 0 unspecified atom stereocenters. The first-order valence-corrected chi connectivity index (χ1v) is 7.03. The smallest absolute Gasteiger partial charge is 0.170 e. The molecule has 4 heteroatoms. The fourth-order valence-corrected chi connectivity index (χ4v) is 2.21. The molecule has 0 heterocycles. The maximum Gasteiger partial charge on any atom is 0.170 e. The van der Waals surface area contributed by atoms with Crippen molar-refractivity contribution >= 4 is 5.84 Å². The van der Waals surface area contributed by atoms with Crippen LogP contribution in [0.3, 0.4) is 0 Å². The number of nitrogens with two attached hydrogens (primary N) is 1. The normalized spacial score (nSPS) is 11.6. The summed E-state index contributed by atoms with van der Waals surface area (Å²) in [5.74, 6) is 0.140. The van der Waals surface area contributed by atoms with Crippen LogP contribution in [0.4, 0.5) is 0 Å². The first-order valence-electron chi connectivity index (χ1n) is 7.03. The molecule has 0 radical (unpaired) electrons. The van der Waals surface area contributed by atoms with E-state index in [9.17, 15) is 0 Å². The van der Waals surface area contributed by atoms with Crippen molar-refractivity contribution in [3.05, 3.63) is 70.8 Å². The van der Waals surface area contributed by atoms with E-state index in [-0.39, 0.29) is 5.84 Å². The van der Waals surface area contributed by atoms with Crippen molar-refractivity contribution in [3.63, 3.8) is 0 Å². The van der Waals surface area contributed by atoms with Crippen molar-refractivity contribution in [2.45, 2.75) is 19.9 Å². The Bertz CT molecular complexity index is 609. The summed E-state index contributed by atoms with van der Waals surface area (Å²) in [7, 11) is 0. The molecule has 0 aliphatic carbocycles. The molecule has 0 amide bonds. The first-order chi connectivity index (χ1) is 10.2. The molecule has 2 aromatic rings. The average molecular weight is 283 g/mol. The zero-order chi connectivity index (χ0) is 15.1. The van der Waals surface area contributed by atoms with E-state index < -0.39 is 0 Å². The third-order valence-corrected chi connectivity index (χ3v) is 3.49. The highest BCUT2D eigenvalue weighted by molar-refractivity contribution is 5.97. The SMILES string of the molecule is Cc1cc(/C(N)=N/O)ccc1CNCCc1ccccc1. The van der Waals surface area contributed by atoms with Gasteiger partial charge in [-0.15, -0.1) is 0 Å². The summed E-state index contributed by atoms with van der Waals surface area (Å²) < 4.78 is 0. The summed E-state index contributed by atoms with van der Waals surface area (Å²) in [5, 5.41) is 15.1. The maximum absolute atomic E-state index is 8.68. The van der Waals surface area contributed by atoms with Gasteiger partial charge in [-0.05, 0) is 42.6 Å². The van der Waals surface area contributed by atoms with Crippen LogP contribution < -0.4 is 11.1 Å². The maximum atomic E-state index is 8.68. The molecule has 0 aromatic heterocycles. The molecule has 0 aliphatic heterocycles. The Morgan fingerprint density at radius 1 is 1.19 bits per heavy atom. The number of hydrogen-bond acceptors (Lipinski definition) is 3. The quantitative estimate of drug-likeness (QED) is 0.251. The lowest BCUT2D eigenvalue weighted by molar-refractivity contribution is 0.318. The molecule has 2 aromatic carbocycles. The van der Waals surface area contributed by atoms with Crippen LogP contribution in [0.2, 0.25) is 0 Å². The predicted octanol–water partition coefficient (Wildman–Crippen LogP) is 2.42. The summed E-state index contributed by atoms with van der Waals surface area (Å²) in [6.45, 7) is 3.78. The monoisotopic (exact) mass is 283 g/mol. The molecule has 0 fully saturated rings. The minimum Gasteiger partial charge on any atom is -0.409 e. The van der Waals surface area contributed by atoms with Crippen LogP contribution >= 0.6 is 0 Å². The lowest BCUT2D eigenvalue weighted by atomic mass is 10.0. The Hall–Kier alpha value is -2.33. The van der Waals surface area contributed by atoms with E-state index in [1.165, 1.54) is 11.1 Å². The highest BCUT2D eigenvalue weighted by atomic mass is 16.4. The number of oxime groups is 1. The second-order valence-corrected chi connectivity index (χ2v) is 5.04. The Balaban J connectivity index is 1.86. The molecule has 0 spiro atoms. The molecular formula is C17H21N3O. The largest absolute Gasteiger partial charge is 0.409 e. The van der Waals surface area contributed by atoms with E-state index in [1.807, 2.05) is 31.2 Å². The molecule has 0 atom stereocenters. The Morgan fingerprint density at radius 2 is 1.95 bits per heavy atom. The number of nitrogens with one attached hydrogen (secondary N) is 1. The molecule has 2 rings (SSSR count). The van der Waals surface area contributed by atoms with E-state index in [0.29, 0.717) is 0 Å². The van der Waals surface area contributed by atoms with Gasteiger partial charge >= 0.3 is 0 Å². The van der Waals surface area contributed by atoms with Gasteiger partial charge in [0.1, 0.15) is 0 Å². The van der Waals surface area contributed by atoms with Gasteiger partial charge in [-0.1, -0.05) is 47.6 Å². The van der Waals surface area contributed by atoms with Crippen LogP contribution in [0.15, 0.2) is 53.7 Å². The standard InChI is InChI=1S/C17H21N3O/c1-13-11-15(17(18)20-21)7-8-16(13)12-19-10-9-14-5-3-2-4-6-14/h2-8,11,19,21H,9-10,12H2,1H3,(H2,18,20). The van der Waals surface area contributed by atoms with Crippen molar-refractivity contribution in [2.75, 3.05) is 6.54 Å². The van der Waals surface area contributed by atoms with Crippen molar-refractivity contribution in [1.82, 2.24) is 5.32 Å². The molecule has 0 saturated heterocycles. The number of hydrogen-bond donors (Lipinski definition) is 3. The van der Waals surface area contributed by atoms with Crippen LogP contribution in [-0.2, 0) is 13.0 Å². The van der Waals surface area contributed by atoms with Gasteiger partial charge in [0, 0.05) is 12.1 Å². The summed E-state index contributed by atoms with van der Waals surface area (Å²) in [6.07, 6.45) is 1.02. The Labute approximate surface area is 125 Å². The second-order valence-electron chi connectivity index (χ2n) is 5.04. The topological polar surface area (TPSA) is 70.6 Å². The molecule has 0 saturated carbocycles. The van der Waals surface area contributed by atoms with Crippen LogP contribution in [0, 0.1) is 6.92 Å². The number of nitrogens with zero attached hydrogens (tertiary/aromatic N) is 1. The molecular weight excluding hydrogens is 262 g/mol. The van der Waals surface area contributed by atoms with Crippen molar-refractivity contribution in [3.8, 4) is 0 Å². The van der Waals surface area contributed by atoms with E-state index >= 15 is 0 Å². The number of rotatable bonds is 6. The van der Waals surface area contributed by atoms with Crippen LogP contribution in [-0.4, -0.2) is 17.6 Å². The lowest BCUT2D eigenvalue weighted by Gasteiger charge is -2.09. The highest BCUT2D eigenvalue weighted by Gasteiger charge is 2.03. The van der Waals surface area contributed by atoms with Gasteiger partial charge in [0.2, 0.25) is 0 Å². The van der Waals surface area contributed by atoms with E-state index in [4.69, 9.17) is 10.9 Å². The molecule has 4 N–H and O–H groups in total. The van der Waals surface area contributed by atoms with Crippen molar-refractivity contribution in [1.29, 1.82) is 0 Å². The fourth-order valence-electron chi connectivity index (χ4n) is 2.21. The summed E-state index contributed by atoms with van der Waals surface area (Å²) in [5.41, 5.74) is 10.0. The predicted molar refractivity (Wildman–Crippen MR) is 85.5 cm³/mol. The fraction of sp³-hybridized carbons (Fsp3) is 0.235. The average Bonchev–Trinajstić information content (AvgIpc) is 2.53. The molecule has 4 nitrogen and oxygen atoms in total. The molecule has 110 valence electrons. The third-order valence-electron chi connectivity index (χ3n) is 3.49. The van der Waals surface area contributed by atoms with Crippen molar-refractivity contribution in [2.24, 2.45) is 10.9 Å². The Kier molecular flexibility index (Phi) is 5.35. The number of benzene rings is 2. The van der Waals surface area contributed by atoms with Gasteiger partial charge in [-0.3, -0.25) is 0 Å². The minimum atomic E-state index is 0.140. The van der Waals surface area contributed by atoms with Gasteiger partial charge in [-0.25, -0.2) is 0 Å². The molecule has 21 heavy (non-hydrogen) atoms.